The second-order valence-corrected chi connectivity index (χ2v) is 9.83. The van der Waals surface area contributed by atoms with Crippen molar-refractivity contribution < 1.29 is 9.13 Å². The predicted octanol–water partition coefficient (Wildman–Crippen LogP) is 3.46. The molecular weight excluding hydrogens is 471 g/mol. The van der Waals surface area contributed by atoms with Crippen LogP contribution in [0.1, 0.15) is 12.0 Å². The summed E-state index contributed by atoms with van der Waals surface area (Å²) in [7, 11) is 1.57. The number of ether oxygens (including phenoxy) is 1. The van der Waals surface area contributed by atoms with Gasteiger partial charge in [0.25, 0.3) is 0 Å². The highest BCUT2D eigenvalue weighted by molar-refractivity contribution is 5.91. The van der Waals surface area contributed by atoms with Crippen molar-refractivity contribution in [2.75, 3.05) is 31.6 Å². The fourth-order valence-corrected chi connectivity index (χ4v) is 6.25. The van der Waals surface area contributed by atoms with Gasteiger partial charge < -0.3 is 15.4 Å². The third-order valence-corrected chi connectivity index (χ3v) is 8.17. The molecule has 1 aliphatic carbocycles. The number of hydrogen-bond donors (Lipinski definition) is 2. The number of benzene rings is 2. The average Bonchev–Trinajstić information content (AvgIpc) is 3.40. The molecule has 2 aromatic carbocycles. The molecule has 0 spiro atoms. The minimum atomic E-state index is -0.304. The average molecular weight is 497 g/mol. The lowest BCUT2D eigenvalue weighted by atomic mass is 9.91. The van der Waals surface area contributed by atoms with Gasteiger partial charge in [-0.15, -0.1) is 10.2 Å². The van der Waals surface area contributed by atoms with E-state index in [1.165, 1.54) is 6.07 Å². The molecule has 2 aliphatic rings. The van der Waals surface area contributed by atoms with E-state index in [9.17, 15) is 4.39 Å². The van der Waals surface area contributed by atoms with Gasteiger partial charge in [0.2, 0.25) is 5.88 Å². The van der Waals surface area contributed by atoms with Crippen molar-refractivity contribution >= 4 is 27.9 Å². The molecule has 186 valence electrons. The summed E-state index contributed by atoms with van der Waals surface area (Å²) in [5.74, 6) is 1.76. The van der Waals surface area contributed by atoms with E-state index in [1.54, 1.807) is 19.4 Å². The molecule has 1 saturated heterocycles. The summed E-state index contributed by atoms with van der Waals surface area (Å²) in [6.07, 6.45) is 2.73. The fraction of sp³-hybridized carbons (Fsp3) is 0.296. The number of rotatable bonds is 5. The first-order chi connectivity index (χ1) is 18.1. The Morgan fingerprint density at radius 2 is 2.05 bits per heavy atom. The number of anilines is 1. The van der Waals surface area contributed by atoms with E-state index in [0.29, 0.717) is 35.2 Å². The molecule has 7 rings (SSSR count). The van der Waals surface area contributed by atoms with Crippen molar-refractivity contribution in [1.29, 1.82) is 0 Å². The Bertz CT molecular complexity index is 1650. The van der Waals surface area contributed by atoms with Gasteiger partial charge in [0.15, 0.2) is 5.65 Å². The molecule has 3 atom stereocenters. The molecule has 2 fully saturated rings. The highest BCUT2D eigenvalue weighted by Crippen LogP contribution is 2.63. The second-order valence-electron chi connectivity index (χ2n) is 9.83. The Hall–Kier alpha value is -4.18. The maximum absolute atomic E-state index is 14.7. The topological polar surface area (TPSA) is 119 Å². The van der Waals surface area contributed by atoms with Crippen LogP contribution >= 0.6 is 0 Å². The van der Waals surface area contributed by atoms with Crippen LogP contribution in [0.3, 0.4) is 0 Å². The van der Waals surface area contributed by atoms with Crippen LogP contribution in [0.15, 0.2) is 54.7 Å². The number of H-pyrrole nitrogens is 1. The first kappa shape index (κ1) is 22.1. The molecule has 0 unspecified atom stereocenters. The third kappa shape index (κ3) is 3.28. The molecule has 4 heterocycles. The van der Waals surface area contributed by atoms with Gasteiger partial charge in [-0.2, -0.15) is 5.10 Å². The molecule has 3 aromatic heterocycles. The monoisotopic (exact) mass is 496 g/mol. The van der Waals surface area contributed by atoms with E-state index in [4.69, 9.17) is 20.4 Å². The zero-order valence-corrected chi connectivity index (χ0v) is 20.2. The maximum Gasteiger partial charge on any atom is 0.233 e. The summed E-state index contributed by atoms with van der Waals surface area (Å²) in [6, 6.07) is 14.8. The lowest BCUT2D eigenvalue weighted by Gasteiger charge is -2.26. The number of nitrogens with one attached hydrogen (secondary N) is 1. The van der Waals surface area contributed by atoms with Crippen LogP contribution in [0.5, 0.6) is 5.88 Å². The smallest absolute Gasteiger partial charge is 0.233 e. The standard InChI is InChI=1S/C27H25FN8O/c1-37-23-11-15-6-7-16(10-21(15)32-33-23)24-25-26(35-34-24)31-22(12-30-25)36-9-8-17-19(13-36)27(17,14-29)18-4-2-3-5-20(18)28/h2-7,10-12,17,19H,8-9,13-14,29H2,1H3,(H,31,34,35)/t17-,19+,27-/m1/s1. The summed E-state index contributed by atoms with van der Waals surface area (Å²) in [6.45, 7) is 2.03. The number of fused-ring (bicyclic) bond motifs is 3. The zero-order valence-electron chi connectivity index (χ0n) is 20.2. The lowest BCUT2D eigenvalue weighted by molar-refractivity contribution is 0.393. The van der Waals surface area contributed by atoms with Crippen molar-refractivity contribution in [2.45, 2.75) is 11.8 Å². The van der Waals surface area contributed by atoms with E-state index in [0.717, 1.165) is 47.4 Å². The summed E-state index contributed by atoms with van der Waals surface area (Å²) < 4.78 is 19.9. The van der Waals surface area contributed by atoms with Gasteiger partial charge in [-0.3, -0.25) is 5.10 Å². The Balaban J connectivity index is 1.17. The van der Waals surface area contributed by atoms with E-state index < -0.39 is 0 Å². The van der Waals surface area contributed by atoms with Crippen LogP contribution in [-0.4, -0.2) is 57.1 Å². The summed E-state index contributed by atoms with van der Waals surface area (Å²) >= 11 is 0. The van der Waals surface area contributed by atoms with Crippen molar-refractivity contribution in [3.05, 3.63) is 66.1 Å². The van der Waals surface area contributed by atoms with Crippen LogP contribution in [0, 0.1) is 17.7 Å². The number of nitrogens with two attached hydrogens (primary N) is 1. The van der Waals surface area contributed by atoms with Gasteiger partial charge >= 0.3 is 0 Å². The molecule has 9 nitrogen and oxygen atoms in total. The zero-order chi connectivity index (χ0) is 25.1. The van der Waals surface area contributed by atoms with E-state index >= 15 is 0 Å². The van der Waals surface area contributed by atoms with Crippen LogP contribution in [0.2, 0.25) is 0 Å². The van der Waals surface area contributed by atoms with Gasteiger partial charge in [-0.05, 0) is 36.0 Å². The Morgan fingerprint density at radius 3 is 2.89 bits per heavy atom. The number of aromatic nitrogens is 6. The van der Waals surface area contributed by atoms with Crippen molar-refractivity contribution in [2.24, 2.45) is 17.6 Å². The molecule has 3 N–H and O–H groups in total. The fourth-order valence-electron chi connectivity index (χ4n) is 6.25. The summed E-state index contributed by atoms with van der Waals surface area (Å²) in [5.41, 5.74) is 10.3. The molecule has 1 saturated carbocycles. The molecule has 0 amide bonds. The van der Waals surface area contributed by atoms with Crippen molar-refractivity contribution in [3.63, 3.8) is 0 Å². The molecule has 1 aliphatic heterocycles. The number of methoxy groups -OCH3 is 1. The SMILES string of the molecule is COc1cc2ccc(-c3n[nH]c4nc(N5CC[C@@H]6[C@H](C5)[C@@]6(CN)c5ccccc5F)cnc34)cc2nn1. The first-order valence-corrected chi connectivity index (χ1v) is 12.4. The normalized spacial score (nSPS) is 22.8. The number of nitrogens with zero attached hydrogens (tertiary/aromatic N) is 6. The van der Waals surface area contributed by atoms with Crippen LogP contribution in [-0.2, 0) is 5.41 Å². The first-order valence-electron chi connectivity index (χ1n) is 12.4. The number of aromatic amines is 1. The van der Waals surface area contributed by atoms with Crippen LogP contribution < -0.4 is 15.4 Å². The van der Waals surface area contributed by atoms with Gasteiger partial charge in [-0.1, -0.05) is 30.3 Å². The molecule has 0 radical (unpaired) electrons. The second kappa shape index (κ2) is 8.17. The molecule has 10 heteroatoms. The Kier molecular flexibility index (Phi) is 4.87. The number of halogens is 1. The number of piperidine rings is 1. The molecule has 0 bridgehead atoms. The molecule has 5 aromatic rings. The van der Waals surface area contributed by atoms with E-state index in [1.807, 2.05) is 36.4 Å². The van der Waals surface area contributed by atoms with Crippen LogP contribution in [0.25, 0.3) is 33.3 Å². The minimum Gasteiger partial charge on any atom is -0.480 e. The predicted molar refractivity (Wildman–Crippen MR) is 138 cm³/mol. The highest BCUT2D eigenvalue weighted by Gasteiger charge is 2.66. The van der Waals surface area contributed by atoms with Gasteiger partial charge in [0, 0.05) is 42.1 Å². The third-order valence-electron chi connectivity index (χ3n) is 8.17. The van der Waals surface area contributed by atoms with Crippen LogP contribution in [0.4, 0.5) is 10.2 Å². The van der Waals surface area contributed by atoms with E-state index in [2.05, 4.69) is 25.3 Å². The van der Waals surface area contributed by atoms with Crippen molar-refractivity contribution in [3.8, 4) is 17.1 Å². The lowest BCUT2D eigenvalue weighted by Crippen LogP contribution is -2.32. The minimum absolute atomic E-state index is 0.168. The van der Waals surface area contributed by atoms with Gasteiger partial charge in [-0.25, -0.2) is 14.4 Å². The Labute approximate surface area is 211 Å². The molecule has 37 heavy (non-hydrogen) atoms. The maximum atomic E-state index is 14.7. The van der Waals surface area contributed by atoms with E-state index in [-0.39, 0.29) is 17.2 Å². The summed E-state index contributed by atoms with van der Waals surface area (Å²) in [4.78, 5) is 11.8. The highest BCUT2D eigenvalue weighted by atomic mass is 19.1. The largest absolute Gasteiger partial charge is 0.480 e. The molecular formula is C27H25FN8O. The van der Waals surface area contributed by atoms with Crippen molar-refractivity contribution in [1.82, 2.24) is 30.4 Å². The summed E-state index contributed by atoms with van der Waals surface area (Å²) in [5, 5.41) is 16.8. The van der Waals surface area contributed by atoms with Gasteiger partial charge in [0.1, 0.15) is 22.8 Å². The quantitative estimate of drug-likeness (QED) is 0.380. The number of hydrogen-bond acceptors (Lipinski definition) is 8. The Morgan fingerprint density at radius 1 is 1.16 bits per heavy atom. The van der Waals surface area contributed by atoms with Gasteiger partial charge in [0.05, 0.1) is 18.8 Å².